The van der Waals surface area contributed by atoms with Gasteiger partial charge in [-0.3, -0.25) is 5.10 Å². The summed E-state index contributed by atoms with van der Waals surface area (Å²) in [5.74, 6) is 0.199. The molecule has 2 aromatic heterocycles. The molecule has 0 aliphatic carbocycles. The van der Waals surface area contributed by atoms with Crippen LogP contribution in [0.1, 0.15) is 11.1 Å². The summed E-state index contributed by atoms with van der Waals surface area (Å²) < 4.78 is 16.9. The van der Waals surface area contributed by atoms with Crippen LogP contribution in [-0.4, -0.2) is 30.0 Å². The average molecular weight is 377 g/mol. The maximum atomic E-state index is 13.1. The SMILES string of the molecule is N#Cc1ccc(Cn2nnnc2-c2c[nH]n(-c3ccc(F)cc3)c2=S)cc1. The van der Waals surface area contributed by atoms with Crippen LogP contribution in [0, 0.1) is 21.8 Å². The van der Waals surface area contributed by atoms with Crippen molar-refractivity contribution >= 4 is 12.2 Å². The van der Waals surface area contributed by atoms with Crippen molar-refractivity contribution in [3.63, 3.8) is 0 Å². The van der Waals surface area contributed by atoms with Crippen LogP contribution >= 0.6 is 12.2 Å². The molecule has 0 aliphatic rings. The Bertz CT molecular complexity index is 1180. The quantitative estimate of drug-likeness (QED) is 0.552. The molecular weight excluding hydrogens is 365 g/mol. The first-order valence-corrected chi connectivity index (χ1v) is 8.38. The molecule has 1 N–H and O–H groups in total. The molecule has 4 rings (SSSR count). The molecule has 0 aliphatic heterocycles. The lowest BCUT2D eigenvalue weighted by Gasteiger charge is -2.04. The molecule has 0 amide bonds. The van der Waals surface area contributed by atoms with Crippen LogP contribution in [0.4, 0.5) is 4.39 Å². The molecule has 0 unspecified atom stereocenters. The van der Waals surface area contributed by atoms with E-state index in [1.54, 1.807) is 39.8 Å². The van der Waals surface area contributed by atoms with Gasteiger partial charge >= 0.3 is 0 Å². The number of tetrazole rings is 1. The van der Waals surface area contributed by atoms with Gasteiger partial charge in [-0.25, -0.2) is 13.8 Å². The lowest BCUT2D eigenvalue weighted by Crippen LogP contribution is -2.04. The highest BCUT2D eigenvalue weighted by Gasteiger charge is 2.15. The molecule has 2 aromatic carbocycles. The summed E-state index contributed by atoms with van der Waals surface area (Å²) in [5.41, 5.74) is 2.91. The van der Waals surface area contributed by atoms with Crippen molar-refractivity contribution in [3.8, 4) is 23.1 Å². The Labute approximate surface area is 158 Å². The molecule has 132 valence electrons. The maximum absolute atomic E-state index is 13.1. The van der Waals surface area contributed by atoms with E-state index in [0.717, 1.165) is 5.56 Å². The Kier molecular flexibility index (Phi) is 4.32. The van der Waals surface area contributed by atoms with Crippen LogP contribution < -0.4 is 0 Å². The van der Waals surface area contributed by atoms with Gasteiger partial charge in [-0.1, -0.05) is 24.4 Å². The lowest BCUT2D eigenvalue weighted by atomic mass is 10.1. The lowest BCUT2D eigenvalue weighted by molar-refractivity contribution is 0.627. The van der Waals surface area contributed by atoms with Crippen molar-refractivity contribution in [2.24, 2.45) is 0 Å². The van der Waals surface area contributed by atoms with Crippen LogP contribution in [0.5, 0.6) is 0 Å². The van der Waals surface area contributed by atoms with Crippen molar-refractivity contribution in [3.05, 3.63) is 76.3 Å². The molecule has 4 aromatic rings. The molecule has 0 radical (unpaired) electrons. The van der Waals surface area contributed by atoms with Gasteiger partial charge in [-0.2, -0.15) is 5.26 Å². The molecule has 7 nitrogen and oxygen atoms in total. The summed E-state index contributed by atoms with van der Waals surface area (Å²) in [6.45, 7) is 0.435. The van der Waals surface area contributed by atoms with Gasteiger partial charge in [-0.05, 0) is 52.4 Å². The van der Waals surface area contributed by atoms with E-state index < -0.39 is 0 Å². The van der Waals surface area contributed by atoms with Crippen molar-refractivity contribution in [1.29, 1.82) is 5.26 Å². The summed E-state index contributed by atoms with van der Waals surface area (Å²) in [7, 11) is 0. The highest BCUT2D eigenvalue weighted by molar-refractivity contribution is 7.71. The second kappa shape index (κ2) is 6.93. The second-order valence-corrected chi connectivity index (χ2v) is 6.16. The first-order chi connectivity index (χ1) is 13.2. The summed E-state index contributed by atoms with van der Waals surface area (Å²) in [4.78, 5) is 0. The third-order valence-electron chi connectivity index (χ3n) is 4.04. The summed E-state index contributed by atoms with van der Waals surface area (Å²) >= 11 is 5.54. The Morgan fingerprint density at radius 2 is 1.85 bits per heavy atom. The topological polar surface area (TPSA) is 88.1 Å². The van der Waals surface area contributed by atoms with E-state index >= 15 is 0 Å². The number of nitriles is 1. The molecule has 2 heterocycles. The average Bonchev–Trinajstić information content (AvgIpc) is 3.29. The number of nitrogens with zero attached hydrogens (tertiary/aromatic N) is 6. The van der Waals surface area contributed by atoms with E-state index in [-0.39, 0.29) is 5.82 Å². The van der Waals surface area contributed by atoms with Crippen LogP contribution in [0.2, 0.25) is 0 Å². The van der Waals surface area contributed by atoms with E-state index in [1.807, 2.05) is 12.1 Å². The molecule has 0 saturated heterocycles. The van der Waals surface area contributed by atoms with Crippen LogP contribution in [0.25, 0.3) is 17.1 Å². The zero-order valence-electron chi connectivity index (χ0n) is 13.9. The predicted octanol–water partition coefficient (Wildman–Crippen LogP) is 3.25. The zero-order valence-corrected chi connectivity index (χ0v) is 14.7. The third-order valence-corrected chi connectivity index (χ3v) is 4.45. The molecule has 0 spiro atoms. The predicted molar refractivity (Wildman–Crippen MR) is 98.0 cm³/mol. The van der Waals surface area contributed by atoms with Crippen molar-refractivity contribution in [2.75, 3.05) is 0 Å². The van der Waals surface area contributed by atoms with E-state index in [9.17, 15) is 4.39 Å². The Balaban J connectivity index is 1.67. The van der Waals surface area contributed by atoms with Gasteiger partial charge in [0.1, 0.15) is 10.5 Å². The smallest absolute Gasteiger partial charge is 0.186 e. The van der Waals surface area contributed by atoms with Crippen molar-refractivity contribution in [1.82, 2.24) is 30.0 Å². The number of benzene rings is 2. The summed E-state index contributed by atoms with van der Waals surface area (Å²) in [6, 6.07) is 15.3. The van der Waals surface area contributed by atoms with Crippen molar-refractivity contribution < 1.29 is 4.39 Å². The fourth-order valence-electron chi connectivity index (χ4n) is 2.67. The van der Waals surface area contributed by atoms with Crippen LogP contribution in [0.15, 0.2) is 54.7 Å². The first-order valence-electron chi connectivity index (χ1n) is 7.97. The minimum Gasteiger partial charge on any atom is -0.299 e. The number of aromatic nitrogens is 6. The van der Waals surface area contributed by atoms with E-state index in [1.165, 1.54) is 12.1 Å². The third kappa shape index (κ3) is 3.26. The summed E-state index contributed by atoms with van der Waals surface area (Å²) in [6.07, 6.45) is 1.71. The number of hydrogen-bond donors (Lipinski definition) is 1. The largest absolute Gasteiger partial charge is 0.299 e. The molecular formula is C18H12FN7S. The van der Waals surface area contributed by atoms with Crippen molar-refractivity contribution in [2.45, 2.75) is 6.54 Å². The zero-order chi connectivity index (χ0) is 18.8. The molecule has 0 saturated carbocycles. The Morgan fingerprint density at radius 3 is 2.56 bits per heavy atom. The number of hydrogen-bond acceptors (Lipinski definition) is 5. The highest BCUT2D eigenvalue weighted by atomic mass is 32.1. The van der Waals surface area contributed by atoms with Gasteiger partial charge in [0, 0.05) is 6.20 Å². The number of aromatic amines is 1. The van der Waals surface area contributed by atoms with Gasteiger partial charge in [0.25, 0.3) is 0 Å². The van der Waals surface area contributed by atoms with Gasteiger partial charge in [-0.15, -0.1) is 5.10 Å². The normalized spacial score (nSPS) is 10.7. The number of nitrogens with one attached hydrogen (secondary N) is 1. The fraction of sp³-hybridized carbons (Fsp3) is 0.0556. The van der Waals surface area contributed by atoms with E-state index in [2.05, 4.69) is 26.7 Å². The summed E-state index contributed by atoms with van der Waals surface area (Å²) in [5, 5.41) is 23.8. The monoisotopic (exact) mass is 377 g/mol. The second-order valence-electron chi connectivity index (χ2n) is 5.77. The standard InChI is InChI=1S/C18H12FN7S/c19-14-5-7-15(8-6-14)26-18(27)16(10-21-26)17-22-23-24-25(17)11-13-3-1-12(9-20)2-4-13/h1-8,10,21H,11H2. The molecule has 27 heavy (non-hydrogen) atoms. The minimum atomic E-state index is -0.316. The maximum Gasteiger partial charge on any atom is 0.186 e. The fourth-order valence-corrected chi connectivity index (χ4v) is 2.98. The number of H-pyrrole nitrogens is 1. The van der Waals surface area contributed by atoms with Gasteiger partial charge in [0.05, 0.1) is 29.4 Å². The Morgan fingerprint density at radius 1 is 1.11 bits per heavy atom. The molecule has 0 bridgehead atoms. The van der Waals surface area contributed by atoms with Gasteiger partial charge < -0.3 is 0 Å². The molecule has 0 fully saturated rings. The first kappa shape index (κ1) is 16.8. The van der Waals surface area contributed by atoms with Crippen LogP contribution in [0.3, 0.4) is 0 Å². The Hall–Kier alpha value is -3.64. The molecule has 0 atom stereocenters. The van der Waals surface area contributed by atoms with E-state index in [4.69, 9.17) is 17.5 Å². The van der Waals surface area contributed by atoms with Gasteiger partial charge in [0.2, 0.25) is 0 Å². The minimum absolute atomic E-state index is 0.316. The highest BCUT2D eigenvalue weighted by Crippen LogP contribution is 2.21. The van der Waals surface area contributed by atoms with Crippen LogP contribution in [-0.2, 0) is 6.54 Å². The number of halogens is 1. The molecule has 9 heteroatoms. The number of rotatable bonds is 4. The van der Waals surface area contributed by atoms with Gasteiger partial charge in [0.15, 0.2) is 5.82 Å². The van der Waals surface area contributed by atoms with E-state index in [0.29, 0.717) is 33.8 Å².